The summed E-state index contributed by atoms with van der Waals surface area (Å²) in [4.78, 5) is 14.4. The molecular formula is C15H30N2O2. The number of hydrogen-bond donors (Lipinski definition) is 1. The van der Waals surface area contributed by atoms with Gasteiger partial charge in [0.15, 0.2) is 0 Å². The Balaban J connectivity index is 2.58. The number of nitrogens with zero attached hydrogens (tertiary/aromatic N) is 1. The van der Waals surface area contributed by atoms with Gasteiger partial charge in [0, 0.05) is 25.2 Å². The maximum absolute atomic E-state index is 12.0. The summed E-state index contributed by atoms with van der Waals surface area (Å²) in [5.41, 5.74) is 0. The SMILES string of the molecule is CCOC(=O)C(CN(CC(C)C)C(C)C)NC1CC1. The van der Waals surface area contributed by atoms with Crippen molar-refractivity contribution < 1.29 is 9.53 Å². The zero-order valence-electron chi connectivity index (χ0n) is 13.1. The summed E-state index contributed by atoms with van der Waals surface area (Å²) in [5, 5.41) is 3.42. The molecule has 112 valence electrons. The summed E-state index contributed by atoms with van der Waals surface area (Å²) in [6, 6.07) is 0.774. The van der Waals surface area contributed by atoms with Crippen LogP contribution >= 0.6 is 0 Å². The van der Waals surface area contributed by atoms with Gasteiger partial charge in [0.25, 0.3) is 0 Å². The van der Waals surface area contributed by atoms with Gasteiger partial charge >= 0.3 is 5.97 Å². The second kappa shape index (κ2) is 7.85. The van der Waals surface area contributed by atoms with Crippen molar-refractivity contribution in [1.29, 1.82) is 0 Å². The molecule has 19 heavy (non-hydrogen) atoms. The molecule has 0 amide bonds. The summed E-state index contributed by atoms with van der Waals surface area (Å²) in [7, 11) is 0. The Labute approximate surface area is 117 Å². The Hall–Kier alpha value is -0.610. The highest BCUT2D eigenvalue weighted by molar-refractivity contribution is 5.76. The van der Waals surface area contributed by atoms with Crippen molar-refractivity contribution in [3.8, 4) is 0 Å². The Morgan fingerprint density at radius 2 is 1.89 bits per heavy atom. The molecule has 4 nitrogen and oxygen atoms in total. The standard InChI is InChI=1S/C15H30N2O2/c1-6-19-15(18)14(16-13-7-8-13)10-17(12(4)5)9-11(2)3/h11-14,16H,6-10H2,1-5H3. The molecule has 0 saturated heterocycles. The molecule has 1 unspecified atom stereocenters. The first kappa shape index (κ1) is 16.4. The van der Waals surface area contributed by atoms with E-state index in [-0.39, 0.29) is 12.0 Å². The van der Waals surface area contributed by atoms with Gasteiger partial charge in [-0.05, 0) is 39.5 Å². The van der Waals surface area contributed by atoms with E-state index in [4.69, 9.17) is 4.74 Å². The molecule has 1 atom stereocenters. The van der Waals surface area contributed by atoms with Crippen LogP contribution in [0.4, 0.5) is 0 Å². The summed E-state index contributed by atoms with van der Waals surface area (Å²) in [5.74, 6) is 0.495. The van der Waals surface area contributed by atoms with Crippen molar-refractivity contribution in [2.45, 2.75) is 65.6 Å². The number of ether oxygens (including phenoxy) is 1. The van der Waals surface area contributed by atoms with Crippen molar-refractivity contribution >= 4 is 5.97 Å². The fourth-order valence-corrected chi connectivity index (χ4v) is 2.17. The second-order valence-corrected chi connectivity index (χ2v) is 6.19. The van der Waals surface area contributed by atoms with Crippen LogP contribution in [0.1, 0.15) is 47.5 Å². The third-order valence-electron chi connectivity index (χ3n) is 3.33. The number of carbonyl (C=O) groups is 1. The van der Waals surface area contributed by atoms with E-state index in [1.807, 2.05) is 6.92 Å². The van der Waals surface area contributed by atoms with E-state index < -0.39 is 0 Å². The minimum atomic E-state index is -0.186. The molecule has 0 bridgehead atoms. The average Bonchev–Trinajstić information content (AvgIpc) is 3.10. The van der Waals surface area contributed by atoms with E-state index >= 15 is 0 Å². The lowest BCUT2D eigenvalue weighted by molar-refractivity contribution is -0.146. The van der Waals surface area contributed by atoms with Gasteiger partial charge in [-0.15, -0.1) is 0 Å². The van der Waals surface area contributed by atoms with Crippen LogP contribution in [0.3, 0.4) is 0 Å². The van der Waals surface area contributed by atoms with E-state index in [1.54, 1.807) is 0 Å². The molecule has 0 aliphatic heterocycles. The van der Waals surface area contributed by atoms with E-state index in [2.05, 4.69) is 37.9 Å². The quantitative estimate of drug-likeness (QED) is 0.651. The molecule has 4 heteroatoms. The predicted molar refractivity (Wildman–Crippen MR) is 78.1 cm³/mol. The minimum absolute atomic E-state index is 0.108. The molecular weight excluding hydrogens is 240 g/mol. The monoisotopic (exact) mass is 270 g/mol. The normalized spacial score (nSPS) is 17.3. The van der Waals surface area contributed by atoms with Gasteiger partial charge in [-0.3, -0.25) is 9.69 Å². The van der Waals surface area contributed by atoms with Crippen LogP contribution < -0.4 is 5.32 Å². The highest BCUT2D eigenvalue weighted by atomic mass is 16.5. The maximum atomic E-state index is 12.0. The van der Waals surface area contributed by atoms with Gasteiger partial charge in [-0.1, -0.05) is 13.8 Å². The van der Waals surface area contributed by atoms with E-state index in [0.717, 1.165) is 13.1 Å². The lowest BCUT2D eigenvalue weighted by atomic mass is 10.1. The van der Waals surface area contributed by atoms with Crippen molar-refractivity contribution in [2.75, 3.05) is 19.7 Å². The van der Waals surface area contributed by atoms with Gasteiger partial charge < -0.3 is 10.1 Å². The second-order valence-electron chi connectivity index (χ2n) is 6.19. The molecule has 0 radical (unpaired) electrons. The van der Waals surface area contributed by atoms with Gasteiger partial charge in [0.1, 0.15) is 6.04 Å². The first-order valence-corrected chi connectivity index (χ1v) is 7.60. The fraction of sp³-hybridized carbons (Fsp3) is 0.933. The zero-order valence-corrected chi connectivity index (χ0v) is 13.1. The molecule has 0 aromatic carbocycles. The highest BCUT2D eigenvalue weighted by Crippen LogP contribution is 2.20. The number of hydrogen-bond acceptors (Lipinski definition) is 4. The van der Waals surface area contributed by atoms with Crippen LogP contribution in [0.25, 0.3) is 0 Å². The summed E-state index contributed by atoms with van der Waals surface area (Å²) in [6.45, 7) is 12.9. The Bertz CT molecular complexity index is 275. The van der Waals surface area contributed by atoms with Crippen LogP contribution in [-0.2, 0) is 9.53 Å². The smallest absolute Gasteiger partial charge is 0.324 e. The van der Waals surface area contributed by atoms with Crippen LogP contribution in [0.15, 0.2) is 0 Å². The molecule has 1 aliphatic carbocycles. The molecule has 0 aromatic heterocycles. The summed E-state index contributed by atoms with van der Waals surface area (Å²) >= 11 is 0. The van der Waals surface area contributed by atoms with Crippen LogP contribution in [0.2, 0.25) is 0 Å². The van der Waals surface area contributed by atoms with Gasteiger partial charge in [0.05, 0.1) is 6.61 Å². The molecule has 0 heterocycles. The van der Waals surface area contributed by atoms with Crippen molar-refractivity contribution in [2.24, 2.45) is 5.92 Å². The van der Waals surface area contributed by atoms with E-state index in [0.29, 0.717) is 24.6 Å². The van der Waals surface area contributed by atoms with Crippen LogP contribution in [-0.4, -0.2) is 48.7 Å². The summed E-state index contributed by atoms with van der Waals surface area (Å²) < 4.78 is 5.19. The predicted octanol–water partition coefficient (Wildman–Crippen LogP) is 2.04. The number of esters is 1. The van der Waals surface area contributed by atoms with E-state index in [1.165, 1.54) is 12.8 Å². The van der Waals surface area contributed by atoms with Gasteiger partial charge in [0.2, 0.25) is 0 Å². The molecule has 1 aliphatic rings. The third kappa shape index (κ3) is 6.39. The molecule has 1 saturated carbocycles. The molecule has 0 spiro atoms. The average molecular weight is 270 g/mol. The molecule has 0 aromatic rings. The van der Waals surface area contributed by atoms with Gasteiger partial charge in [-0.25, -0.2) is 0 Å². The Kier molecular flexibility index (Phi) is 6.80. The Morgan fingerprint density at radius 3 is 2.32 bits per heavy atom. The van der Waals surface area contributed by atoms with Crippen molar-refractivity contribution in [1.82, 2.24) is 10.2 Å². The largest absolute Gasteiger partial charge is 0.465 e. The lowest BCUT2D eigenvalue weighted by Crippen LogP contribution is -2.50. The first-order valence-electron chi connectivity index (χ1n) is 7.60. The van der Waals surface area contributed by atoms with Gasteiger partial charge in [-0.2, -0.15) is 0 Å². The summed E-state index contributed by atoms with van der Waals surface area (Å²) in [6.07, 6.45) is 2.36. The van der Waals surface area contributed by atoms with E-state index in [9.17, 15) is 4.79 Å². The molecule has 1 N–H and O–H groups in total. The molecule has 1 fully saturated rings. The first-order chi connectivity index (χ1) is 8.93. The van der Waals surface area contributed by atoms with Crippen LogP contribution in [0.5, 0.6) is 0 Å². The lowest BCUT2D eigenvalue weighted by Gasteiger charge is -2.31. The van der Waals surface area contributed by atoms with Crippen LogP contribution in [0, 0.1) is 5.92 Å². The number of carbonyl (C=O) groups excluding carboxylic acids is 1. The number of rotatable bonds is 9. The van der Waals surface area contributed by atoms with Crippen molar-refractivity contribution in [3.05, 3.63) is 0 Å². The number of nitrogens with one attached hydrogen (secondary N) is 1. The highest BCUT2D eigenvalue weighted by Gasteiger charge is 2.31. The Morgan fingerprint density at radius 1 is 1.26 bits per heavy atom. The zero-order chi connectivity index (χ0) is 14.4. The minimum Gasteiger partial charge on any atom is -0.465 e. The fourth-order valence-electron chi connectivity index (χ4n) is 2.17. The molecule has 1 rings (SSSR count). The topological polar surface area (TPSA) is 41.6 Å². The maximum Gasteiger partial charge on any atom is 0.324 e. The third-order valence-corrected chi connectivity index (χ3v) is 3.33. The van der Waals surface area contributed by atoms with Crippen molar-refractivity contribution in [3.63, 3.8) is 0 Å².